The van der Waals surface area contributed by atoms with Crippen molar-refractivity contribution >= 4 is 49.5 Å². The molecule has 3 rings (SSSR count). The summed E-state index contributed by atoms with van der Waals surface area (Å²) in [5.41, 5.74) is 3.71. The Hall–Kier alpha value is -2.64. The first-order valence-electron chi connectivity index (χ1n) is 10.8. The van der Waals surface area contributed by atoms with Gasteiger partial charge in [-0.3, -0.25) is 9.59 Å². The minimum Gasteiger partial charge on any atom is -0.468 e. The second-order valence-electron chi connectivity index (χ2n) is 8.00. The van der Waals surface area contributed by atoms with E-state index in [9.17, 15) is 9.59 Å². The number of ether oxygens (including phenoxy) is 2. The predicted molar refractivity (Wildman–Crippen MR) is 141 cm³/mol. The molecule has 3 aromatic carbocycles. The van der Waals surface area contributed by atoms with Crippen LogP contribution in [0, 0.1) is 6.92 Å². The summed E-state index contributed by atoms with van der Waals surface area (Å²) < 4.78 is 12.2. The van der Waals surface area contributed by atoms with Gasteiger partial charge in [0.05, 0.1) is 26.1 Å². The monoisotopic (exact) mass is 587 g/mol. The van der Waals surface area contributed by atoms with E-state index in [1.807, 2.05) is 84.6 Å². The predicted octanol–water partition coefficient (Wildman–Crippen LogP) is 6.24. The van der Waals surface area contributed by atoms with Gasteiger partial charge >= 0.3 is 11.9 Å². The lowest BCUT2D eigenvalue weighted by Crippen LogP contribution is -2.37. The van der Waals surface area contributed by atoms with E-state index in [1.54, 1.807) is 0 Å². The molecule has 0 bridgehead atoms. The Morgan fingerprint density at radius 2 is 1.09 bits per heavy atom. The first-order valence-corrected chi connectivity index (χ1v) is 12.4. The number of methoxy groups -OCH3 is 2. The van der Waals surface area contributed by atoms with Crippen molar-refractivity contribution in [1.82, 2.24) is 0 Å². The Morgan fingerprint density at radius 1 is 0.706 bits per heavy atom. The SMILES string of the molecule is COC(=O)[C@H](CN(C[C@@H](C(=O)OC)c1ccc(Br)cc1)c1ccc(C)cc1)c1ccc(Br)cc1. The second-order valence-corrected chi connectivity index (χ2v) is 9.83. The van der Waals surface area contributed by atoms with E-state index in [4.69, 9.17) is 9.47 Å². The molecule has 0 amide bonds. The van der Waals surface area contributed by atoms with Gasteiger partial charge in [0.25, 0.3) is 0 Å². The van der Waals surface area contributed by atoms with Gasteiger partial charge in [-0.15, -0.1) is 0 Å². The molecule has 7 heteroatoms. The van der Waals surface area contributed by atoms with Crippen LogP contribution in [0.2, 0.25) is 0 Å². The molecule has 0 N–H and O–H groups in total. The topological polar surface area (TPSA) is 55.8 Å². The Labute approximate surface area is 217 Å². The molecule has 0 spiro atoms. The van der Waals surface area contributed by atoms with E-state index in [0.717, 1.165) is 31.3 Å². The number of anilines is 1. The first kappa shape index (κ1) is 26.0. The molecule has 178 valence electrons. The zero-order valence-electron chi connectivity index (χ0n) is 19.3. The maximum atomic E-state index is 12.8. The number of hydrogen-bond acceptors (Lipinski definition) is 5. The molecule has 0 saturated carbocycles. The zero-order chi connectivity index (χ0) is 24.7. The van der Waals surface area contributed by atoms with Gasteiger partial charge in [-0.1, -0.05) is 73.8 Å². The van der Waals surface area contributed by atoms with Crippen molar-refractivity contribution < 1.29 is 19.1 Å². The van der Waals surface area contributed by atoms with E-state index in [1.165, 1.54) is 14.2 Å². The highest BCUT2D eigenvalue weighted by Crippen LogP contribution is 2.29. The average molecular weight is 589 g/mol. The molecule has 0 aliphatic rings. The largest absolute Gasteiger partial charge is 0.468 e. The van der Waals surface area contributed by atoms with Gasteiger partial charge in [-0.05, 0) is 54.4 Å². The summed E-state index contributed by atoms with van der Waals surface area (Å²) in [5, 5.41) is 0. The first-order chi connectivity index (χ1) is 16.3. The molecular weight excluding hydrogens is 562 g/mol. The second kappa shape index (κ2) is 12.2. The summed E-state index contributed by atoms with van der Waals surface area (Å²) in [5.74, 6) is -1.75. The van der Waals surface area contributed by atoms with Crippen LogP contribution >= 0.6 is 31.9 Å². The fourth-order valence-electron chi connectivity index (χ4n) is 3.79. The highest BCUT2D eigenvalue weighted by Gasteiger charge is 2.29. The molecule has 0 aliphatic heterocycles. The van der Waals surface area contributed by atoms with Crippen LogP contribution in [0.3, 0.4) is 0 Å². The number of nitrogens with zero attached hydrogens (tertiary/aromatic N) is 1. The third-order valence-corrected chi connectivity index (χ3v) is 6.78. The van der Waals surface area contributed by atoms with E-state index in [0.29, 0.717) is 13.1 Å². The molecule has 0 radical (unpaired) electrons. The number of carbonyl (C=O) groups is 2. The van der Waals surface area contributed by atoms with Crippen LogP contribution in [0.1, 0.15) is 28.5 Å². The molecular formula is C27H27Br2NO4. The summed E-state index contributed by atoms with van der Waals surface area (Å²) in [6.07, 6.45) is 0. The van der Waals surface area contributed by atoms with Gasteiger partial charge in [0.1, 0.15) is 0 Å². The molecule has 3 aromatic rings. The highest BCUT2D eigenvalue weighted by molar-refractivity contribution is 9.10. The van der Waals surface area contributed by atoms with Crippen molar-refractivity contribution in [3.8, 4) is 0 Å². The Bertz CT molecular complexity index is 1030. The van der Waals surface area contributed by atoms with Crippen molar-refractivity contribution in [1.29, 1.82) is 0 Å². The number of rotatable bonds is 9. The normalized spacial score (nSPS) is 12.5. The lowest BCUT2D eigenvalue weighted by molar-refractivity contribution is -0.142. The summed E-state index contributed by atoms with van der Waals surface area (Å²) in [7, 11) is 2.78. The van der Waals surface area contributed by atoms with Crippen LogP contribution in [0.25, 0.3) is 0 Å². The quantitative estimate of drug-likeness (QED) is 0.277. The van der Waals surface area contributed by atoms with Crippen molar-refractivity contribution in [2.45, 2.75) is 18.8 Å². The van der Waals surface area contributed by atoms with Crippen molar-refractivity contribution in [3.63, 3.8) is 0 Å². The Kier molecular flexibility index (Phi) is 9.30. The number of hydrogen-bond donors (Lipinski definition) is 0. The minimum absolute atomic E-state index is 0.335. The molecule has 0 saturated heterocycles. The maximum absolute atomic E-state index is 12.8. The smallest absolute Gasteiger partial charge is 0.314 e. The van der Waals surface area contributed by atoms with Crippen molar-refractivity contribution in [3.05, 3.63) is 98.4 Å². The van der Waals surface area contributed by atoms with Crippen LogP contribution in [0.5, 0.6) is 0 Å². The van der Waals surface area contributed by atoms with Gasteiger partial charge in [0, 0.05) is 27.7 Å². The summed E-state index contributed by atoms with van der Waals surface area (Å²) >= 11 is 6.90. The number of halogens is 2. The third kappa shape index (κ3) is 6.70. The van der Waals surface area contributed by atoms with Gasteiger partial charge in [0.2, 0.25) is 0 Å². The number of benzene rings is 3. The third-order valence-electron chi connectivity index (χ3n) is 5.72. The Morgan fingerprint density at radius 3 is 1.44 bits per heavy atom. The fraction of sp³-hybridized carbons (Fsp3) is 0.259. The van der Waals surface area contributed by atoms with Gasteiger partial charge < -0.3 is 14.4 Å². The lowest BCUT2D eigenvalue weighted by Gasteiger charge is -2.31. The molecule has 2 atom stereocenters. The van der Waals surface area contributed by atoms with Crippen LogP contribution in [0.15, 0.2) is 81.7 Å². The summed E-state index contributed by atoms with van der Waals surface area (Å²) in [6.45, 7) is 2.69. The van der Waals surface area contributed by atoms with Crippen molar-refractivity contribution in [2.75, 3.05) is 32.2 Å². The Balaban J connectivity index is 2.01. The number of aryl methyl sites for hydroxylation is 1. The standard InChI is InChI=1S/C27H27Br2NO4/c1-18-4-14-23(15-5-18)30(16-24(26(31)33-2)19-6-10-21(28)11-7-19)17-25(27(32)34-3)20-8-12-22(29)13-9-20/h4-15,24-25H,16-17H2,1-3H3/t24-,25-/m1/s1. The molecule has 5 nitrogen and oxygen atoms in total. The molecule has 0 fully saturated rings. The van der Waals surface area contributed by atoms with E-state index in [-0.39, 0.29) is 11.9 Å². The van der Waals surface area contributed by atoms with E-state index in [2.05, 4.69) is 31.9 Å². The van der Waals surface area contributed by atoms with Crippen LogP contribution < -0.4 is 4.90 Å². The van der Waals surface area contributed by atoms with E-state index >= 15 is 0 Å². The average Bonchev–Trinajstić information content (AvgIpc) is 2.85. The van der Waals surface area contributed by atoms with E-state index < -0.39 is 11.8 Å². The molecule has 34 heavy (non-hydrogen) atoms. The van der Waals surface area contributed by atoms with Crippen LogP contribution in [0.4, 0.5) is 5.69 Å². The van der Waals surface area contributed by atoms with Crippen LogP contribution in [-0.2, 0) is 19.1 Å². The maximum Gasteiger partial charge on any atom is 0.314 e. The van der Waals surface area contributed by atoms with Gasteiger partial charge in [-0.2, -0.15) is 0 Å². The van der Waals surface area contributed by atoms with Crippen LogP contribution in [-0.4, -0.2) is 39.2 Å². The zero-order valence-corrected chi connectivity index (χ0v) is 22.5. The molecule has 0 aromatic heterocycles. The molecule has 0 unspecified atom stereocenters. The molecule has 0 aliphatic carbocycles. The fourth-order valence-corrected chi connectivity index (χ4v) is 4.32. The number of carbonyl (C=O) groups excluding carboxylic acids is 2. The highest BCUT2D eigenvalue weighted by atomic mass is 79.9. The number of esters is 2. The molecule has 0 heterocycles. The summed E-state index contributed by atoms with van der Waals surface area (Å²) in [4.78, 5) is 27.7. The lowest BCUT2D eigenvalue weighted by atomic mass is 9.95. The van der Waals surface area contributed by atoms with Gasteiger partial charge in [0.15, 0.2) is 0 Å². The summed E-state index contributed by atoms with van der Waals surface area (Å²) in [6, 6.07) is 23.3. The van der Waals surface area contributed by atoms with Gasteiger partial charge in [-0.25, -0.2) is 0 Å². The minimum atomic E-state index is -0.539. The van der Waals surface area contributed by atoms with Crippen molar-refractivity contribution in [2.24, 2.45) is 0 Å².